The van der Waals surface area contributed by atoms with E-state index in [1.54, 1.807) is 16.2 Å². The summed E-state index contributed by atoms with van der Waals surface area (Å²) in [6, 6.07) is 12.4. The number of nitrogens with two attached hydrogens (primary N) is 1. The maximum Gasteiger partial charge on any atom is 0.236 e. The second-order valence-corrected chi connectivity index (χ2v) is 5.86. The molecular formula is C16H20N2OS. The van der Waals surface area contributed by atoms with E-state index in [1.165, 1.54) is 16.0 Å². The summed E-state index contributed by atoms with van der Waals surface area (Å²) in [7, 11) is 1.81. The molecule has 1 amide bonds. The summed E-state index contributed by atoms with van der Waals surface area (Å²) < 4.78 is 0. The van der Waals surface area contributed by atoms with Crippen LogP contribution in [0.4, 0.5) is 0 Å². The van der Waals surface area contributed by atoms with Crippen molar-refractivity contribution in [3.05, 3.63) is 57.8 Å². The molecule has 0 bridgehead atoms. The molecule has 20 heavy (non-hydrogen) atoms. The van der Waals surface area contributed by atoms with Crippen LogP contribution in [0.5, 0.6) is 0 Å². The van der Waals surface area contributed by atoms with E-state index in [2.05, 4.69) is 30.5 Å². The van der Waals surface area contributed by atoms with Crippen LogP contribution in [0.1, 0.15) is 21.9 Å². The zero-order chi connectivity index (χ0) is 14.5. The average molecular weight is 288 g/mol. The van der Waals surface area contributed by atoms with Gasteiger partial charge in [-0.05, 0) is 29.5 Å². The second-order valence-electron chi connectivity index (χ2n) is 4.91. The van der Waals surface area contributed by atoms with Gasteiger partial charge in [-0.2, -0.15) is 0 Å². The molecular weight excluding hydrogens is 268 g/mol. The summed E-state index contributed by atoms with van der Waals surface area (Å²) in [5.41, 5.74) is 7.95. The lowest BCUT2D eigenvalue weighted by Crippen LogP contribution is -2.35. The normalized spacial score (nSPS) is 12.2. The Balaban J connectivity index is 2.31. The van der Waals surface area contributed by atoms with Gasteiger partial charge in [0.25, 0.3) is 0 Å². The number of likely N-dealkylation sites (N-methyl/N-ethyl adjacent to an activating group) is 1. The van der Waals surface area contributed by atoms with Crippen LogP contribution in [-0.4, -0.2) is 30.9 Å². The van der Waals surface area contributed by atoms with Crippen LogP contribution in [-0.2, 0) is 4.79 Å². The summed E-state index contributed by atoms with van der Waals surface area (Å²) in [6.07, 6.45) is 0. The van der Waals surface area contributed by atoms with E-state index in [4.69, 9.17) is 5.73 Å². The monoisotopic (exact) mass is 288 g/mol. The minimum absolute atomic E-state index is 0.0276. The van der Waals surface area contributed by atoms with Gasteiger partial charge >= 0.3 is 0 Å². The Morgan fingerprint density at radius 2 is 2.00 bits per heavy atom. The van der Waals surface area contributed by atoms with E-state index in [0.717, 1.165) is 0 Å². The fraction of sp³-hybridized carbons (Fsp3) is 0.312. The molecule has 0 fully saturated rings. The summed E-state index contributed by atoms with van der Waals surface area (Å²) in [6.45, 7) is 2.83. The third kappa shape index (κ3) is 3.26. The predicted octanol–water partition coefficient (Wildman–Crippen LogP) is 2.61. The van der Waals surface area contributed by atoms with Crippen molar-refractivity contribution in [1.29, 1.82) is 0 Å². The van der Waals surface area contributed by atoms with E-state index < -0.39 is 0 Å². The standard InChI is InChI=1S/C16H20N2OS/c1-12-8-9-20-16(12)14(11-18(2)15(19)10-17)13-6-4-3-5-7-13/h3-9,14H,10-11,17H2,1-2H3. The molecule has 1 heterocycles. The number of amides is 1. The Morgan fingerprint density at radius 1 is 1.30 bits per heavy atom. The van der Waals surface area contributed by atoms with Crippen molar-refractivity contribution >= 4 is 17.2 Å². The average Bonchev–Trinajstić information content (AvgIpc) is 2.90. The topological polar surface area (TPSA) is 46.3 Å². The van der Waals surface area contributed by atoms with Gasteiger partial charge in [-0.3, -0.25) is 4.79 Å². The van der Waals surface area contributed by atoms with Crippen molar-refractivity contribution < 1.29 is 4.79 Å². The Morgan fingerprint density at radius 3 is 2.55 bits per heavy atom. The van der Waals surface area contributed by atoms with Crippen LogP contribution in [0.15, 0.2) is 41.8 Å². The first kappa shape index (κ1) is 14.8. The SMILES string of the molecule is Cc1ccsc1C(CN(C)C(=O)CN)c1ccccc1. The number of benzene rings is 1. The number of rotatable bonds is 5. The third-order valence-corrected chi connectivity index (χ3v) is 4.61. The number of hydrogen-bond donors (Lipinski definition) is 1. The fourth-order valence-corrected chi connectivity index (χ4v) is 3.35. The van der Waals surface area contributed by atoms with Crippen LogP contribution in [0.2, 0.25) is 0 Å². The molecule has 0 saturated carbocycles. The highest BCUT2D eigenvalue weighted by atomic mass is 32.1. The number of carbonyl (C=O) groups is 1. The number of hydrogen-bond acceptors (Lipinski definition) is 3. The summed E-state index contributed by atoms with van der Waals surface area (Å²) in [4.78, 5) is 14.8. The van der Waals surface area contributed by atoms with Gasteiger partial charge in [0.1, 0.15) is 0 Å². The molecule has 1 aromatic heterocycles. The first-order valence-corrected chi connectivity index (χ1v) is 7.54. The zero-order valence-electron chi connectivity index (χ0n) is 11.9. The Kier molecular flexibility index (Phi) is 4.93. The second kappa shape index (κ2) is 6.68. The molecule has 0 radical (unpaired) electrons. The maximum atomic E-state index is 11.7. The molecule has 2 N–H and O–H groups in total. The van der Waals surface area contributed by atoms with Crippen LogP contribution < -0.4 is 5.73 Å². The van der Waals surface area contributed by atoms with Gasteiger partial charge in [0.15, 0.2) is 0 Å². The molecule has 106 valence electrons. The predicted molar refractivity (Wildman–Crippen MR) is 84.0 cm³/mol. The summed E-state index contributed by atoms with van der Waals surface area (Å²) in [5, 5.41) is 2.10. The minimum Gasteiger partial charge on any atom is -0.344 e. The third-order valence-electron chi connectivity index (χ3n) is 3.48. The van der Waals surface area contributed by atoms with Gasteiger partial charge < -0.3 is 10.6 Å². The molecule has 0 spiro atoms. The molecule has 1 unspecified atom stereocenters. The first-order valence-electron chi connectivity index (χ1n) is 6.66. The number of aryl methyl sites for hydroxylation is 1. The lowest BCUT2D eigenvalue weighted by Gasteiger charge is -2.24. The molecule has 1 aromatic carbocycles. The molecule has 3 nitrogen and oxygen atoms in total. The minimum atomic E-state index is -0.0276. The quantitative estimate of drug-likeness (QED) is 0.919. The zero-order valence-corrected chi connectivity index (χ0v) is 12.7. The molecule has 1 atom stereocenters. The lowest BCUT2D eigenvalue weighted by atomic mass is 9.95. The van der Waals surface area contributed by atoms with Crippen molar-refractivity contribution in [3.8, 4) is 0 Å². The van der Waals surface area contributed by atoms with E-state index in [-0.39, 0.29) is 18.4 Å². The van der Waals surface area contributed by atoms with Crippen molar-refractivity contribution in [3.63, 3.8) is 0 Å². The largest absolute Gasteiger partial charge is 0.344 e. The first-order chi connectivity index (χ1) is 9.63. The summed E-state index contributed by atoms with van der Waals surface area (Å²) >= 11 is 1.74. The highest BCUT2D eigenvalue weighted by molar-refractivity contribution is 7.10. The van der Waals surface area contributed by atoms with Crippen LogP contribution >= 0.6 is 11.3 Å². The molecule has 4 heteroatoms. The van der Waals surface area contributed by atoms with Crippen molar-refractivity contribution in [2.75, 3.05) is 20.1 Å². The fourth-order valence-electron chi connectivity index (χ4n) is 2.30. The van der Waals surface area contributed by atoms with Gasteiger partial charge in [0.2, 0.25) is 5.91 Å². The molecule has 0 aliphatic carbocycles. The molecule has 2 rings (SSSR count). The van der Waals surface area contributed by atoms with E-state index in [0.29, 0.717) is 6.54 Å². The molecule has 2 aromatic rings. The lowest BCUT2D eigenvalue weighted by molar-refractivity contribution is -0.128. The van der Waals surface area contributed by atoms with Gasteiger partial charge in [0.05, 0.1) is 6.54 Å². The Hall–Kier alpha value is -1.65. The van der Waals surface area contributed by atoms with Crippen LogP contribution in [0.3, 0.4) is 0 Å². The smallest absolute Gasteiger partial charge is 0.236 e. The number of carbonyl (C=O) groups excluding carboxylic acids is 1. The Labute approximate surface area is 124 Å². The van der Waals surface area contributed by atoms with Crippen molar-refractivity contribution in [2.45, 2.75) is 12.8 Å². The van der Waals surface area contributed by atoms with E-state index in [1.807, 2.05) is 25.2 Å². The van der Waals surface area contributed by atoms with Crippen molar-refractivity contribution in [1.82, 2.24) is 4.90 Å². The maximum absolute atomic E-state index is 11.7. The number of thiophene rings is 1. The number of nitrogens with zero attached hydrogens (tertiary/aromatic N) is 1. The molecule has 0 aliphatic rings. The summed E-state index contributed by atoms with van der Waals surface area (Å²) in [5.74, 6) is 0.178. The highest BCUT2D eigenvalue weighted by Crippen LogP contribution is 2.31. The van der Waals surface area contributed by atoms with Gasteiger partial charge in [-0.25, -0.2) is 0 Å². The van der Waals surface area contributed by atoms with E-state index in [9.17, 15) is 4.79 Å². The molecule has 0 saturated heterocycles. The van der Waals surface area contributed by atoms with Crippen molar-refractivity contribution in [2.24, 2.45) is 5.73 Å². The van der Waals surface area contributed by atoms with Crippen LogP contribution in [0.25, 0.3) is 0 Å². The highest BCUT2D eigenvalue weighted by Gasteiger charge is 2.21. The van der Waals surface area contributed by atoms with Gasteiger partial charge in [0, 0.05) is 24.4 Å². The van der Waals surface area contributed by atoms with Crippen LogP contribution in [0, 0.1) is 6.92 Å². The van der Waals surface area contributed by atoms with E-state index >= 15 is 0 Å². The van der Waals surface area contributed by atoms with Gasteiger partial charge in [-0.15, -0.1) is 11.3 Å². The van der Waals surface area contributed by atoms with Gasteiger partial charge in [-0.1, -0.05) is 30.3 Å². The molecule has 0 aliphatic heterocycles. The Bertz CT molecular complexity index is 565.